The average Bonchev–Trinajstić information content (AvgIpc) is 3.88. The molecule has 8 aromatic carbocycles. The summed E-state index contributed by atoms with van der Waals surface area (Å²) in [7, 11) is 0. The van der Waals surface area contributed by atoms with Gasteiger partial charge in [0, 0.05) is 58.4 Å². The van der Waals surface area contributed by atoms with E-state index in [-0.39, 0.29) is 0 Å². The maximum atomic E-state index is 5.31. The number of rotatable bonds is 4. The molecule has 0 radical (unpaired) electrons. The van der Waals surface area contributed by atoms with Crippen molar-refractivity contribution >= 4 is 86.0 Å². The fraction of sp³-hybridized carbons (Fsp3) is 0. The van der Waals surface area contributed by atoms with Crippen molar-refractivity contribution in [3.8, 4) is 34.0 Å². The van der Waals surface area contributed by atoms with Gasteiger partial charge in [0.1, 0.15) is 0 Å². The van der Waals surface area contributed by atoms with Crippen molar-refractivity contribution in [2.75, 3.05) is 0 Å². The second-order valence-corrected chi connectivity index (χ2v) is 15.3. The summed E-state index contributed by atoms with van der Waals surface area (Å²) in [5, 5.41) is 8.48. The Morgan fingerprint density at radius 2 is 0.891 bits per heavy atom. The first-order valence-electron chi connectivity index (χ1n) is 18.6. The van der Waals surface area contributed by atoms with Gasteiger partial charge < -0.3 is 4.57 Å². The number of aromatic nitrogens is 4. The highest BCUT2D eigenvalue weighted by atomic mass is 32.1. The molecule has 0 saturated heterocycles. The highest BCUT2D eigenvalue weighted by molar-refractivity contribution is 7.26. The molecule has 0 aliphatic rings. The van der Waals surface area contributed by atoms with E-state index in [1.54, 1.807) is 0 Å². The SMILES string of the molecule is c1ccc(-c2cccc(-n3c4ccccc4c4cc5c(cc43)sc3cc4c(cc35)c3ccccc3n4-c3nc(-c4ccccc4)c4ccccc4n3)c2)cc1. The minimum absolute atomic E-state index is 0.674. The van der Waals surface area contributed by atoms with Gasteiger partial charge in [-0.3, -0.25) is 4.57 Å². The fourth-order valence-corrected chi connectivity index (χ4v) is 9.77. The largest absolute Gasteiger partial charge is 0.309 e. The van der Waals surface area contributed by atoms with Gasteiger partial charge in [-0.1, -0.05) is 127 Å². The molecule has 0 spiro atoms. The smallest absolute Gasteiger partial charge is 0.235 e. The summed E-state index contributed by atoms with van der Waals surface area (Å²) < 4.78 is 7.19. The normalized spacial score (nSPS) is 12.0. The van der Waals surface area contributed by atoms with Crippen molar-refractivity contribution in [3.63, 3.8) is 0 Å². The van der Waals surface area contributed by atoms with Crippen molar-refractivity contribution in [2.24, 2.45) is 0 Å². The van der Waals surface area contributed by atoms with Crippen LogP contribution in [0.5, 0.6) is 0 Å². The van der Waals surface area contributed by atoms with Crippen LogP contribution in [0.2, 0.25) is 0 Å². The molecule has 55 heavy (non-hydrogen) atoms. The minimum Gasteiger partial charge on any atom is -0.309 e. The van der Waals surface area contributed by atoms with Crippen LogP contribution in [0.1, 0.15) is 0 Å². The molecule has 4 nitrogen and oxygen atoms in total. The van der Waals surface area contributed by atoms with E-state index in [0.29, 0.717) is 5.95 Å². The summed E-state index contributed by atoms with van der Waals surface area (Å²) in [4.78, 5) is 10.5. The highest BCUT2D eigenvalue weighted by Gasteiger charge is 2.21. The van der Waals surface area contributed by atoms with Gasteiger partial charge in [-0.05, 0) is 65.7 Å². The van der Waals surface area contributed by atoms with Crippen LogP contribution in [0.4, 0.5) is 0 Å². The summed E-state index contributed by atoms with van der Waals surface area (Å²) >= 11 is 1.85. The standard InChI is InChI=1S/C50H30N4S/c1-3-14-31(15-4-1)33-18-13-19-34(26-33)53-43-24-11-8-20-35(43)38-27-40-41-28-39-36-21-9-12-25-44(36)54(46(39)30-48(41)55-47(40)29-45(38)53)50-51-42-23-10-7-22-37(42)49(52-50)32-16-5-2-6-17-32/h1-30H. The third-order valence-electron chi connectivity index (χ3n) is 11.1. The van der Waals surface area contributed by atoms with Crippen LogP contribution < -0.4 is 0 Å². The number of hydrogen-bond donors (Lipinski definition) is 0. The fourth-order valence-electron chi connectivity index (χ4n) is 8.63. The van der Waals surface area contributed by atoms with Gasteiger partial charge in [0.15, 0.2) is 0 Å². The average molecular weight is 719 g/mol. The van der Waals surface area contributed by atoms with Gasteiger partial charge in [-0.15, -0.1) is 11.3 Å². The van der Waals surface area contributed by atoms with Gasteiger partial charge >= 0.3 is 0 Å². The molecule has 12 rings (SSSR count). The first-order valence-corrected chi connectivity index (χ1v) is 19.4. The molecule has 0 amide bonds. The van der Waals surface area contributed by atoms with Crippen LogP contribution in [0, 0.1) is 0 Å². The van der Waals surface area contributed by atoms with E-state index in [1.165, 1.54) is 63.9 Å². The lowest BCUT2D eigenvalue weighted by molar-refractivity contribution is 1.01. The van der Waals surface area contributed by atoms with Crippen molar-refractivity contribution in [1.82, 2.24) is 19.1 Å². The number of fused-ring (bicyclic) bond motifs is 10. The summed E-state index contributed by atoms with van der Waals surface area (Å²) in [6.45, 7) is 0. The lowest BCUT2D eigenvalue weighted by Crippen LogP contribution is -2.03. The Kier molecular flexibility index (Phi) is 6.47. The number of benzene rings is 8. The monoisotopic (exact) mass is 718 g/mol. The van der Waals surface area contributed by atoms with Crippen molar-refractivity contribution in [2.45, 2.75) is 0 Å². The Morgan fingerprint density at radius 3 is 1.58 bits per heavy atom. The number of thiophene rings is 1. The van der Waals surface area contributed by atoms with E-state index in [1.807, 2.05) is 17.4 Å². The van der Waals surface area contributed by atoms with Crippen LogP contribution in [0.3, 0.4) is 0 Å². The number of nitrogens with zero attached hydrogens (tertiary/aromatic N) is 4. The molecule has 0 bridgehead atoms. The molecule has 0 N–H and O–H groups in total. The molecule has 0 aliphatic carbocycles. The Bertz CT molecular complexity index is 3480. The van der Waals surface area contributed by atoms with E-state index in [4.69, 9.17) is 9.97 Å². The molecule has 0 atom stereocenters. The van der Waals surface area contributed by atoms with Gasteiger partial charge in [0.25, 0.3) is 0 Å². The predicted molar refractivity (Wildman–Crippen MR) is 232 cm³/mol. The van der Waals surface area contributed by atoms with E-state index in [0.717, 1.165) is 38.9 Å². The molecule has 0 fully saturated rings. The van der Waals surface area contributed by atoms with E-state index in [2.05, 4.69) is 185 Å². The lowest BCUT2D eigenvalue weighted by atomic mass is 10.1. The van der Waals surface area contributed by atoms with Gasteiger partial charge in [0.05, 0.1) is 33.3 Å². The Labute approximate surface area is 319 Å². The topological polar surface area (TPSA) is 35.6 Å². The van der Waals surface area contributed by atoms with Crippen LogP contribution in [0.25, 0.3) is 109 Å². The van der Waals surface area contributed by atoms with E-state index >= 15 is 0 Å². The molecule has 0 saturated carbocycles. The third kappa shape index (κ3) is 4.57. The van der Waals surface area contributed by atoms with E-state index in [9.17, 15) is 0 Å². The zero-order valence-electron chi connectivity index (χ0n) is 29.5. The first kappa shape index (κ1) is 30.4. The van der Waals surface area contributed by atoms with Crippen LogP contribution in [0.15, 0.2) is 182 Å². The molecule has 256 valence electrons. The summed E-state index contributed by atoms with van der Waals surface area (Å²) in [5.41, 5.74) is 11.1. The van der Waals surface area contributed by atoms with Crippen LogP contribution >= 0.6 is 11.3 Å². The Morgan fingerprint density at radius 1 is 0.345 bits per heavy atom. The van der Waals surface area contributed by atoms with Crippen molar-refractivity contribution in [3.05, 3.63) is 182 Å². The molecule has 4 aromatic heterocycles. The van der Waals surface area contributed by atoms with Gasteiger partial charge in [-0.2, -0.15) is 0 Å². The predicted octanol–water partition coefficient (Wildman–Crippen LogP) is 13.5. The Hall–Kier alpha value is -7.08. The highest BCUT2D eigenvalue weighted by Crippen LogP contribution is 2.44. The molecule has 4 heterocycles. The second-order valence-electron chi connectivity index (χ2n) is 14.2. The second kappa shape index (κ2) is 11.7. The summed E-state index contributed by atoms with van der Waals surface area (Å²) in [6, 6.07) is 65.3. The molecule has 0 aliphatic heterocycles. The third-order valence-corrected chi connectivity index (χ3v) is 12.2. The van der Waals surface area contributed by atoms with Gasteiger partial charge in [-0.25, -0.2) is 9.97 Å². The van der Waals surface area contributed by atoms with Crippen LogP contribution in [-0.2, 0) is 0 Å². The van der Waals surface area contributed by atoms with E-state index < -0.39 is 0 Å². The lowest BCUT2D eigenvalue weighted by Gasteiger charge is -2.11. The number of hydrogen-bond acceptors (Lipinski definition) is 3. The minimum atomic E-state index is 0.674. The van der Waals surface area contributed by atoms with Crippen LogP contribution in [-0.4, -0.2) is 19.1 Å². The zero-order chi connectivity index (χ0) is 36.0. The number of para-hydroxylation sites is 3. The maximum Gasteiger partial charge on any atom is 0.235 e. The molecule has 12 aromatic rings. The van der Waals surface area contributed by atoms with Gasteiger partial charge in [0.2, 0.25) is 5.95 Å². The molecule has 5 heteroatoms. The summed E-state index contributed by atoms with van der Waals surface area (Å²) in [5.74, 6) is 0.674. The van der Waals surface area contributed by atoms with Crippen molar-refractivity contribution in [1.29, 1.82) is 0 Å². The molecular weight excluding hydrogens is 689 g/mol. The summed E-state index contributed by atoms with van der Waals surface area (Å²) in [6.07, 6.45) is 0. The first-order chi connectivity index (χ1) is 27.3. The zero-order valence-corrected chi connectivity index (χ0v) is 30.3. The van der Waals surface area contributed by atoms with Crippen molar-refractivity contribution < 1.29 is 0 Å². The Balaban J connectivity index is 1.11. The quantitative estimate of drug-likeness (QED) is 0.182. The maximum absolute atomic E-state index is 5.31. The molecule has 0 unspecified atom stereocenters. The molecular formula is C50H30N4S.